The summed E-state index contributed by atoms with van der Waals surface area (Å²) in [4.78, 5) is 0. The maximum atomic E-state index is 15.5. The van der Waals surface area contributed by atoms with Gasteiger partial charge in [0.05, 0.1) is 12.2 Å². The minimum absolute atomic E-state index is 0.0668. The molecule has 4 rings (SSSR count). The molecular weight excluding hydrogens is 501 g/mol. The van der Waals surface area contributed by atoms with Crippen molar-refractivity contribution < 1.29 is 13.6 Å². The summed E-state index contributed by atoms with van der Waals surface area (Å²) in [5.74, 6) is 2.30. The fourth-order valence-corrected chi connectivity index (χ4v) is 9.24. The van der Waals surface area contributed by atoms with Gasteiger partial charge < -0.3 is 9.05 Å². The van der Waals surface area contributed by atoms with Gasteiger partial charge in [-0.2, -0.15) is 0 Å². The molecule has 4 nitrogen and oxygen atoms in total. The average Bonchev–Trinajstić information content (AvgIpc) is 2.89. The van der Waals surface area contributed by atoms with Crippen molar-refractivity contribution >= 4 is 7.60 Å². The summed E-state index contributed by atoms with van der Waals surface area (Å²) in [7, 11) is -3.64. The smallest absolute Gasteiger partial charge is 0.304 e. The molecule has 1 unspecified atom stereocenters. The molecule has 0 saturated heterocycles. The van der Waals surface area contributed by atoms with Gasteiger partial charge in [-0.3, -0.25) is 9.88 Å². The first-order valence-electron chi connectivity index (χ1n) is 15.4. The highest BCUT2D eigenvalue weighted by atomic mass is 31.2. The van der Waals surface area contributed by atoms with Crippen LogP contribution in [0.25, 0.3) is 0 Å². The van der Waals surface area contributed by atoms with Crippen LogP contribution < -0.4 is 5.32 Å². The zero-order valence-electron chi connectivity index (χ0n) is 25.1. The Kier molecular flexibility index (Phi) is 10.9. The summed E-state index contributed by atoms with van der Waals surface area (Å²) in [6.45, 7) is 14.3. The molecule has 5 heteroatoms. The van der Waals surface area contributed by atoms with Crippen LogP contribution in [0.4, 0.5) is 0 Å². The Balaban J connectivity index is 1.73. The third kappa shape index (κ3) is 8.07. The van der Waals surface area contributed by atoms with Crippen molar-refractivity contribution in [1.29, 1.82) is 0 Å². The van der Waals surface area contributed by atoms with Crippen LogP contribution in [0.1, 0.15) is 97.0 Å². The van der Waals surface area contributed by atoms with Crippen LogP contribution in [-0.2, 0) is 20.2 Å². The van der Waals surface area contributed by atoms with Crippen molar-refractivity contribution in [1.82, 2.24) is 5.32 Å². The van der Waals surface area contributed by atoms with E-state index >= 15 is 4.57 Å². The number of nitrogens with one attached hydrogen (secondary N) is 1. The van der Waals surface area contributed by atoms with Gasteiger partial charge in [0.2, 0.25) is 0 Å². The molecule has 2 aliphatic carbocycles. The second kappa shape index (κ2) is 13.9. The summed E-state index contributed by atoms with van der Waals surface area (Å²) in [6.07, 6.45) is 6.38. The number of benzene rings is 2. The van der Waals surface area contributed by atoms with E-state index in [-0.39, 0.29) is 12.2 Å². The molecule has 8 atom stereocenters. The van der Waals surface area contributed by atoms with E-state index in [2.05, 4.69) is 83.3 Å². The highest BCUT2D eigenvalue weighted by Gasteiger charge is 2.46. The fourth-order valence-electron chi connectivity index (χ4n) is 6.85. The van der Waals surface area contributed by atoms with Gasteiger partial charge in [-0.25, -0.2) is 0 Å². The predicted molar refractivity (Wildman–Crippen MR) is 163 cm³/mol. The molecule has 2 aromatic rings. The maximum absolute atomic E-state index is 15.5. The molecule has 2 saturated carbocycles. The number of hydrogen-bond donors (Lipinski definition) is 1. The Morgan fingerprint density at radius 2 is 1.21 bits per heavy atom. The first kappa shape index (κ1) is 30.5. The van der Waals surface area contributed by atoms with E-state index < -0.39 is 13.4 Å². The van der Waals surface area contributed by atoms with E-state index in [0.29, 0.717) is 42.1 Å². The number of rotatable bonds is 11. The lowest BCUT2D eigenvalue weighted by Gasteiger charge is -2.43. The SMILES string of the molecule is CC(C)[C@H]1CC[C@@H](C)C[C@H]1OP(=O)(O[C@@H]1C[C@H](C)CC[C@H]1C(C)C)[C@@H](NCc1ccccc1)c1ccccc1. The zero-order valence-corrected chi connectivity index (χ0v) is 26.0. The maximum Gasteiger partial charge on any atom is 0.352 e. The van der Waals surface area contributed by atoms with Crippen LogP contribution in [0.3, 0.4) is 0 Å². The van der Waals surface area contributed by atoms with E-state index in [1.54, 1.807) is 0 Å². The lowest BCUT2D eigenvalue weighted by Crippen LogP contribution is -2.38. The zero-order chi connectivity index (χ0) is 28.0. The minimum atomic E-state index is -3.64. The van der Waals surface area contributed by atoms with Crippen LogP contribution in [0.5, 0.6) is 0 Å². The first-order chi connectivity index (χ1) is 18.7. The monoisotopic (exact) mass is 553 g/mol. The average molecular weight is 554 g/mol. The fraction of sp³-hybridized carbons (Fsp3) is 0.647. The van der Waals surface area contributed by atoms with Crippen LogP contribution in [0, 0.1) is 35.5 Å². The predicted octanol–water partition coefficient (Wildman–Crippen LogP) is 9.62. The summed E-state index contributed by atoms with van der Waals surface area (Å²) >= 11 is 0. The van der Waals surface area contributed by atoms with Crippen LogP contribution >= 0.6 is 7.60 Å². The van der Waals surface area contributed by atoms with Gasteiger partial charge >= 0.3 is 7.60 Å². The molecule has 1 N–H and O–H groups in total. The second-order valence-corrected chi connectivity index (χ2v) is 15.2. The molecule has 2 aromatic carbocycles. The molecule has 0 spiro atoms. The molecule has 0 aliphatic heterocycles. The third-order valence-electron chi connectivity index (χ3n) is 9.26. The lowest BCUT2D eigenvalue weighted by atomic mass is 9.75. The summed E-state index contributed by atoms with van der Waals surface area (Å²) in [5.41, 5.74) is 2.12. The molecule has 39 heavy (non-hydrogen) atoms. The Labute approximate surface area is 238 Å². The molecule has 0 amide bonds. The van der Waals surface area contributed by atoms with Crippen LogP contribution in [0.2, 0.25) is 0 Å². The van der Waals surface area contributed by atoms with E-state index in [0.717, 1.165) is 36.8 Å². The molecule has 0 aromatic heterocycles. The van der Waals surface area contributed by atoms with Gasteiger partial charge in [0.15, 0.2) is 0 Å². The Hall–Kier alpha value is -1.45. The van der Waals surface area contributed by atoms with Crippen LogP contribution in [0.15, 0.2) is 60.7 Å². The second-order valence-electron chi connectivity index (χ2n) is 13.2. The summed E-state index contributed by atoms with van der Waals surface area (Å²) < 4.78 is 29.4. The molecule has 0 bridgehead atoms. The van der Waals surface area contributed by atoms with Gasteiger partial charge in [0.25, 0.3) is 0 Å². The normalized spacial score (nSPS) is 30.3. The van der Waals surface area contributed by atoms with Crippen molar-refractivity contribution in [2.75, 3.05) is 0 Å². The van der Waals surface area contributed by atoms with Gasteiger partial charge in [-0.1, -0.05) is 115 Å². The van der Waals surface area contributed by atoms with Crippen LogP contribution in [-0.4, -0.2) is 12.2 Å². The largest absolute Gasteiger partial charge is 0.352 e. The molecule has 216 valence electrons. The third-order valence-corrected chi connectivity index (χ3v) is 11.5. The van der Waals surface area contributed by atoms with Gasteiger partial charge in [0.1, 0.15) is 5.78 Å². The quantitative estimate of drug-likeness (QED) is 0.281. The molecule has 2 aliphatic rings. The van der Waals surface area contributed by atoms with Crippen molar-refractivity contribution in [3.8, 4) is 0 Å². The summed E-state index contributed by atoms with van der Waals surface area (Å²) in [5, 5.41) is 3.67. The summed E-state index contributed by atoms with van der Waals surface area (Å²) in [6, 6.07) is 20.5. The Morgan fingerprint density at radius 3 is 1.67 bits per heavy atom. The van der Waals surface area contributed by atoms with Crippen molar-refractivity contribution in [2.24, 2.45) is 35.5 Å². The molecule has 0 heterocycles. The highest BCUT2D eigenvalue weighted by Crippen LogP contribution is 2.64. The Morgan fingerprint density at radius 1 is 0.744 bits per heavy atom. The van der Waals surface area contributed by atoms with Crippen molar-refractivity contribution in [2.45, 2.75) is 105 Å². The van der Waals surface area contributed by atoms with Gasteiger partial charge in [-0.15, -0.1) is 0 Å². The van der Waals surface area contributed by atoms with E-state index in [1.807, 2.05) is 24.3 Å². The van der Waals surface area contributed by atoms with E-state index in [4.69, 9.17) is 9.05 Å². The Bertz CT molecular complexity index is 1000. The van der Waals surface area contributed by atoms with Gasteiger partial charge in [-0.05, 0) is 72.3 Å². The number of hydrogen-bond acceptors (Lipinski definition) is 4. The van der Waals surface area contributed by atoms with Crippen molar-refractivity contribution in [3.05, 3.63) is 71.8 Å². The van der Waals surface area contributed by atoms with Gasteiger partial charge in [0, 0.05) is 6.54 Å². The highest BCUT2D eigenvalue weighted by molar-refractivity contribution is 7.54. The van der Waals surface area contributed by atoms with Crippen molar-refractivity contribution in [3.63, 3.8) is 0 Å². The first-order valence-corrected chi connectivity index (χ1v) is 17.1. The standard InChI is InChI=1S/C34H52NO3P/c1-24(2)30-19-17-26(5)21-32(30)37-39(36,38-33-22-27(6)18-20-31(33)25(3)4)34(29-15-11-8-12-16-29)35-23-28-13-9-7-10-14-28/h7-16,24-27,30-35H,17-23H2,1-6H3/t26-,27-,30-,31+,32-,33-,34-,39?/m1/s1. The lowest BCUT2D eigenvalue weighted by molar-refractivity contribution is -0.00694. The van der Waals surface area contributed by atoms with E-state index in [9.17, 15) is 0 Å². The minimum Gasteiger partial charge on any atom is -0.304 e. The molecule has 2 fully saturated rings. The molecule has 0 radical (unpaired) electrons. The van der Waals surface area contributed by atoms with E-state index in [1.165, 1.54) is 12.8 Å². The molecular formula is C34H52NO3P. The topological polar surface area (TPSA) is 47.6 Å².